The minimum absolute atomic E-state index is 0.0717. The van der Waals surface area contributed by atoms with Gasteiger partial charge in [-0.1, -0.05) is 0 Å². The monoisotopic (exact) mass is 276 g/mol. The lowest BCUT2D eigenvalue weighted by Gasteiger charge is -2.74. The van der Waals surface area contributed by atoms with Crippen LogP contribution < -0.4 is 0 Å². The van der Waals surface area contributed by atoms with E-state index in [0.29, 0.717) is 6.61 Å². The summed E-state index contributed by atoms with van der Waals surface area (Å²) in [4.78, 5) is 12.4. The maximum absolute atomic E-state index is 12.4. The average Bonchev–Trinajstić information content (AvgIpc) is 2.50. The Morgan fingerprint density at radius 2 is 1.35 bits per heavy atom. The van der Waals surface area contributed by atoms with E-state index < -0.39 is 0 Å². The predicted molar refractivity (Wildman–Crippen MR) is 72.6 cm³/mol. The molecule has 0 atom stereocenters. The van der Waals surface area contributed by atoms with Crippen molar-refractivity contribution in [2.75, 3.05) is 13.7 Å². The molecule has 7 aliphatic carbocycles. The molecule has 0 saturated heterocycles. The number of methoxy groups -OCH3 is 1. The fraction of sp³-hybridized carbons (Fsp3) is 0.941. The second-order valence-electron chi connectivity index (χ2n) is 8.64. The molecule has 0 aromatic heterocycles. The SMILES string of the molecule is COC(=O)C12CC3C4CC5(CO)CC3C(C1)C(C5)C4C2. The highest BCUT2D eigenvalue weighted by atomic mass is 16.5. The third-order valence-corrected chi connectivity index (χ3v) is 8.14. The Labute approximate surface area is 120 Å². The normalized spacial score (nSPS) is 61.1. The molecule has 0 aromatic rings. The van der Waals surface area contributed by atoms with E-state index in [9.17, 15) is 9.90 Å². The van der Waals surface area contributed by atoms with E-state index in [1.54, 1.807) is 7.11 Å². The summed E-state index contributed by atoms with van der Waals surface area (Å²) in [5.74, 6) is 4.73. The molecule has 0 aliphatic heterocycles. The minimum Gasteiger partial charge on any atom is -0.469 e. The average molecular weight is 276 g/mol. The fourth-order valence-corrected chi connectivity index (χ4v) is 7.74. The fourth-order valence-electron chi connectivity index (χ4n) is 7.74. The van der Waals surface area contributed by atoms with E-state index >= 15 is 0 Å². The van der Waals surface area contributed by atoms with Gasteiger partial charge in [-0.15, -0.1) is 0 Å². The minimum atomic E-state index is -0.130. The molecule has 7 aliphatic rings. The molecule has 0 amide bonds. The number of carbonyl (C=O) groups is 1. The van der Waals surface area contributed by atoms with Gasteiger partial charge in [-0.2, -0.15) is 0 Å². The first kappa shape index (κ1) is 12.0. The van der Waals surface area contributed by atoms with Gasteiger partial charge in [-0.25, -0.2) is 0 Å². The summed E-state index contributed by atoms with van der Waals surface area (Å²) in [5.41, 5.74) is 0.126. The Bertz CT molecular complexity index is 420. The second-order valence-corrected chi connectivity index (χ2v) is 8.64. The molecular formula is C17H24O3. The Hall–Kier alpha value is -0.570. The van der Waals surface area contributed by atoms with Crippen LogP contribution in [0.15, 0.2) is 0 Å². The molecule has 7 saturated carbocycles. The van der Waals surface area contributed by atoms with E-state index in [0.717, 1.165) is 54.8 Å². The van der Waals surface area contributed by atoms with Crippen LogP contribution in [0.4, 0.5) is 0 Å². The van der Waals surface area contributed by atoms with Crippen molar-refractivity contribution in [3.8, 4) is 0 Å². The van der Waals surface area contributed by atoms with Crippen LogP contribution in [0, 0.1) is 46.3 Å². The van der Waals surface area contributed by atoms with Gasteiger partial charge in [-0.3, -0.25) is 4.79 Å². The van der Waals surface area contributed by atoms with Gasteiger partial charge in [0.2, 0.25) is 0 Å². The van der Waals surface area contributed by atoms with Gasteiger partial charge in [-0.05, 0) is 79.4 Å². The largest absolute Gasteiger partial charge is 0.469 e. The molecule has 3 heteroatoms. The zero-order valence-corrected chi connectivity index (χ0v) is 12.2. The third kappa shape index (κ3) is 1.13. The Morgan fingerprint density at radius 1 is 0.950 bits per heavy atom. The number of hydrogen-bond acceptors (Lipinski definition) is 3. The molecular weight excluding hydrogens is 252 g/mol. The number of aliphatic hydroxyl groups excluding tert-OH is 1. The van der Waals surface area contributed by atoms with Gasteiger partial charge in [0.05, 0.1) is 12.5 Å². The standard InChI is InChI=1S/C17H24O3/c1-20-15(19)17-5-12-9-2-16(8-18)3-10(12)14(7-17)11(4-16)13(9)6-17/h9-14,18H,2-8H2,1H3. The lowest BCUT2D eigenvalue weighted by molar-refractivity contribution is -0.263. The second kappa shape index (κ2) is 3.43. The number of rotatable bonds is 2. The summed E-state index contributed by atoms with van der Waals surface area (Å²) in [7, 11) is 1.56. The summed E-state index contributed by atoms with van der Waals surface area (Å²) in [6.45, 7) is 0.394. The first-order valence-electron chi connectivity index (χ1n) is 8.31. The van der Waals surface area contributed by atoms with Crippen LogP contribution in [0.1, 0.15) is 38.5 Å². The van der Waals surface area contributed by atoms with Crippen LogP contribution in [-0.2, 0) is 9.53 Å². The third-order valence-electron chi connectivity index (χ3n) is 8.14. The molecule has 8 bridgehead atoms. The first-order chi connectivity index (χ1) is 9.61. The summed E-state index contributed by atoms with van der Waals surface area (Å²) < 4.78 is 5.17. The summed E-state index contributed by atoms with van der Waals surface area (Å²) >= 11 is 0. The van der Waals surface area contributed by atoms with Crippen molar-refractivity contribution >= 4 is 5.97 Å². The van der Waals surface area contributed by atoms with Gasteiger partial charge < -0.3 is 9.84 Å². The zero-order valence-electron chi connectivity index (χ0n) is 12.2. The Morgan fingerprint density at radius 3 is 1.70 bits per heavy atom. The van der Waals surface area contributed by atoms with E-state index in [-0.39, 0.29) is 16.8 Å². The van der Waals surface area contributed by atoms with Crippen molar-refractivity contribution in [3.05, 3.63) is 0 Å². The summed E-state index contributed by atoms with van der Waals surface area (Å²) in [5, 5.41) is 9.90. The van der Waals surface area contributed by atoms with Crippen molar-refractivity contribution in [1.82, 2.24) is 0 Å². The molecule has 0 spiro atoms. The van der Waals surface area contributed by atoms with Gasteiger partial charge in [0.1, 0.15) is 0 Å². The highest BCUT2D eigenvalue weighted by Crippen LogP contribution is 2.76. The van der Waals surface area contributed by atoms with Crippen LogP contribution >= 0.6 is 0 Å². The van der Waals surface area contributed by atoms with Crippen LogP contribution in [0.3, 0.4) is 0 Å². The maximum Gasteiger partial charge on any atom is 0.311 e. The maximum atomic E-state index is 12.4. The van der Waals surface area contributed by atoms with Gasteiger partial charge in [0, 0.05) is 6.61 Å². The number of aliphatic hydroxyl groups is 1. The van der Waals surface area contributed by atoms with Gasteiger partial charge >= 0.3 is 5.97 Å². The van der Waals surface area contributed by atoms with E-state index in [4.69, 9.17) is 4.74 Å². The molecule has 0 radical (unpaired) electrons. The zero-order chi connectivity index (χ0) is 13.7. The molecule has 7 fully saturated rings. The molecule has 0 heterocycles. The van der Waals surface area contributed by atoms with Gasteiger partial charge in [0.15, 0.2) is 0 Å². The quantitative estimate of drug-likeness (QED) is 0.787. The number of ether oxygens (including phenoxy) is 1. The molecule has 1 N–H and O–H groups in total. The van der Waals surface area contributed by atoms with Crippen molar-refractivity contribution in [2.45, 2.75) is 38.5 Å². The number of esters is 1. The van der Waals surface area contributed by atoms with Crippen LogP contribution in [0.2, 0.25) is 0 Å². The Kier molecular flexibility index (Phi) is 2.06. The van der Waals surface area contributed by atoms with Crippen LogP contribution in [-0.4, -0.2) is 24.8 Å². The van der Waals surface area contributed by atoms with E-state index in [1.807, 2.05) is 0 Å². The molecule has 0 unspecified atom stereocenters. The van der Waals surface area contributed by atoms with Crippen molar-refractivity contribution in [1.29, 1.82) is 0 Å². The van der Waals surface area contributed by atoms with Gasteiger partial charge in [0.25, 0.3) is 0 Å². The lowest BCUT2D eigenvalue weighted by Crippen LogP contribution is -2.69. The smallest absolute Gasteiger partial charge is 0.311 e. The van der Waals surface area contributed by atoms with Crippen molar-refractivity contribution < 1.29 is 14.6 Å². The van der Waals surface area contributed by atoms with E-state index in [2.05, 4.69) is 0 Å². The molecule has 7 rings (SSSR count). The van der Waals surface area contributed by atoms with Crippen molar-refractivity contribution in [3.63, 3.8) is 0 Å². The topological polar surface area (TPSA) is 46.5 Å². The molecule has 110 valence electrons. The Balaban J connectivity index is 1.57. The van der Waals surface area contributed by atoms with Crippen LogP contribution in [0.25, 0.3) is 0 Å². The number of carbonyl (C=O) groups excluding carboxylic acids is 1. The predicted octanol–water partition coefficient (Wildman–Crippen LogP) is 2.23. The highest BCUT2D eigenvalue weighted by Gasteiger charge is 2.71. The molecule has 20 heavy (non-hydrogen) atoms. The van der Waals surface area contributed by atoms with Crippen molar-refractivity contribution in [2.24, 2.45) is 46.3 Å². The first-order valence-corrected chi connectivity index (χ1v) is 8.31. The number of hydrogen-bond donors (Lipinski definition) is 1. The lowest BCUT2D eigenvalue weighted by atomic mass is 9.30. The molecule has 3 nitrogen and oxygen atoms in total. The molecule has 0 aromatic carbocycles. The summed E-state index contributed by atoms with van der Waals surface area (Å²) in [6, 6.07) is 0. The highest BCUT2D eigenvalue weighted by molar-refractivity contribution is 5.77. The van der Waals surface area contributed by atoms with E-state index in [1.165, 1.54) is 19.3 Å². The summed E-state index contributed by atoms with van der Waals surface area (Å²) in [6.07, 6.45) is 6.93. The van der Waals surface area contributed by atoms with Crippen LogP contribution in [0.5, 0.6) is 0 Å².